The van der Waals surface area contributed by atoms with Crippen LogP contribution in [-0.4, -0.2) is 41.6 Å². The number of aromatic nitrogens is 1. The fourth-order valence-corrected chi connectivity index (χ4v) is 3.13. The first-order chi connectivity index (χ1) is 12.2. The molecule has 6 heteroatoms. The molecule has 2 heterocycles. The highest BCUT2D eigenvalue weighted by atomic mass is 16.5. The molecule has 1 amide bonds. The van der Waals surface area contributed by atoms with Gasteiger partial charge in [0.2, 0.25) is 5.91 Å². The highest BCUT2D eigenvalue weighted by Gasteiger charge is 2.35. The molecule has 1 aliphatic heterocycles. The Kier molecular flexibility index (Phi) is 5.63. The summed E-state index contributed by atoms with van der Waals surface area (Å²) in [5.74, 6) is 0.476. The van der Waals surface area contributed by atoms with Crippen LogP contribution in [0.3, 0.4) is 0 Å². The number of hydrogen-bond donors (Lipinski definition) is 1. The van der Waals surface area contributed by atoms with Crippen LogP contribution in [0.2, 0.25) is 0 Å². The molecule has 6 nitrogen and oxygen atoms in total. The second kappa shape index (κ2) is 8.09. The Bertz CT molecular complexity index is 708. The van der Waals surface area contributed by atoms with E-state index < -0.39 is 0 Å². The third kappa shape index (κ3) is 4.35. The van der Waals surface area contributed by atoms with Crippen molar-refractivity contribution < 1.29 is 14.3 Å². The summed E-state index contributed by atoms with van der Waals surface area (Å²) < 4.78 is 11.4. The lowest BCUT2D eigenvalue weighted by Crippen LogP contribution is -2.39. The van der Waals surface area contributed by atoms with Crippen molar-refractivity contribution in [1.82, 2.24) is 9.88 Å². The minimum Gasteiger partial charge on any atom is -0.487 e. The SMILES string of the molecule is CO[C@H]1C[C@@H](C(N)=O)N(Cc2ccccc2OCc2ccccn2)C1. The summed E-state index contributed by atoms with van der Waals surface area (Å²) in [6, 6.07) is 13.3. The summed E-state index contributed by atoms with van der Waals surface area (Å²) in [5.41, 5.74) is 7.44. The van der Waals surface area contributed by atoms with Crippen LogP contribution in [0.4, 0.5) is 0 Å². The molecular weight excluding hydrogens is 318 g/mol. The molecule has 0 bridgehead atoms. The first kappa shape index (κ1) is 17.4. The largest absolute Gasteiger partial charge is 0.487 e. The van der Waals surface area contributed by atoms with Gasteiger partial charge in [-0.25, -0.2) is 0 Å². The van der Waals surface area contributed by atoms with Gasteiger partial charge in [0.25, 0.3) is 0 Å². The van der Waals surface area contributed by atoms with E-state index in [4.69, 9.17) is 15.2 Å². The maximum Gasteiger partial charge on any atom is 0.234 e. The molecule has 0 unspecified atom stereocenters. The highest BCUT2D eigenvalue weighted by molar-refractivity contribution is 5.80. The fraction of sp³-hybridized carbons (Fsp3) is 0.368. The summed E-state index contributed by atoms with van der Waals surface area (Å²) in [6.45, 7) is 1.67. The number of likely N-dealkylation sites (tertiary alicyclic amines) is 1. The van der Waals surface area contributed by atoms with Crippen molar-refractivity contribution in [2.24, 2.45) is 5.73 Å². The number of amides is 1. The standard InChI is InChI=1S/C19H23N3O3/c1-24-16-10-17(19(20)23)22(12-16)11-14-6-2-3-8-18(14)25-13-15-7-4-5-9-21-15/h2-9,16-17H,10-13H2,1H3,(H2,20,23)/t16-,17-/m0/s1. The molecule has 0 aliphatic carbocycles. The Morgan fingerprint density at radius 2 is 2.08 bits per heavy atom. The van der Waals surface area contributed by atoms with Gasteiger partial charge in [0.1, 0.15) is 12.4 Å². The molecule has 1 aromatic heterocycles. The lowest BCUT2D eigenvalue weighted by Gasteiger charge is -2.23. The van der Waals surface area contributed by atoms with Crippen LogP contribution in [0, 0.1) is 0 Å². The Morgan fingerprint density at radius 1 is 1.28 bits per heavy atom. The molecule has 2 atom stereocenters. The number of primary amides is 1. The predicted octanol–water partition coefficient (Wildman–Crippen LogP) is 1.74. The monoisotopic (exact) mass is 341 g/mol. The van der Waals surface area contributed by atoms with E-state index in [1.54, 1.807) is 13.3 Å². The molecule has 0 saturated carbocycles. The Labute approximate surface area is 147 Å². The number of rotatable bonds is 7. The van der Waals surface area contributed by atoms with Gasteiger partial charge in [0, 0.05) is 32.0 Å². The van der Waals surface area contributed by atoms with Crippen molar-refractivity contribution in [3.05, 3.63) is 59.9 Å². The van der Waals surface area contributed by atoms with E-state index in [2.05, 4.69) is 9.88 Å². The number of pyridine rings is 1. The molecular formula is C19H23N3O3. The molecule has 1 aliphatic rings. The second-order valence-corrected chi connectivity index (χ2v) is 6.16. The van der Waals surface area contributed by atoms with Crippen LogP contribution in [0.15, 0.2) is 48.7 Å². The van der Waals surface area contributed by atoms with Crippen molar-refractivity contribution >= 4 is 5.91 Å². The number of nitrogens with two attached hydrogens (primary N) is 1. The third-order valence-electron chi connectivity index (χ3n) is 4.47. The number of hydrogen-bond acceptors (Lipinski definition) is 5. The molecule has 2 N–H and O–H groups in total. The predicted molar refractivity (Wildman–Crippen MR) is 93.8 cm³/mol. The summed E-state index contributed by atoms with van der Waals surface area (Å²) >= 11 is 0. The minimum absolute atomic E-state index is 0.0269. The van der Waals surface area contributed by atoms with Crippen LogP contribution in [0.25, 0.3) is 0 Å². The van der Waals surface area contributed by atoms with Crippen molar-refractivity contribution in [3.8, 4) is 5.75 Å². The lowest BCUT2D eigenvalue weighted by atomic mass is 10.1. The zero-order chi connectivity index (χ0) is 17.6. The molecule has 2 aromatic rings. The topological polar surface area (TPSA) is 77.7 Å². The number of ether oxygens (including phenoxy) is 2. The van der Waals surface area contributed by atoms with Gasteiger partial charge in [-0.1, -0.05) is 24.3 Å². The number of para-hydroxylation sites is 1. The molecule has 3 rings (SSSR count). The van der Waals surface area contributed by atoms with Crippen LogP contribution < -0.4 is 10.5 Å². The maximum absolute atomic E-state index is 11.7. The van der Waals surface area contributed by atoms with Gasteiger partial charge in [-0.3, -0.25) is 14.7 Å². The van der Waals surface area contributed by atoms with E-state index in [-0.39, 0.29) is 18.1 Å². The second-order valence-electron chi connectivity index (χ2n) is 6.16. The number of methoxy groups -OCH3 is 1. The highest BCUT2D eigenvalue weighted by Crippen LogP contribution is 2.26. The lowest BCUT2D eigenvalue weighted by molar-refractivity contribution is -0.122. The average molecular weight is 341 g/mol. The number of benzene rings is 1. The van der Waals surface area contributed by atoms with Gasteiger partial charge in [0.15, 0.2) is 0 Å². The van der Waals surface area contributed by atoms with Crippen LogP contribution >= 0.6 is 0 Å². The van der Waals surface area contributed by atoms with Gasteiger partial charge in [-0.2, -0.15) is 0 Å². The fourth-order valence-electron chi connectivity index (χ4n) is 3.13. The number of carbonyl (C=O) groups excluding carboxylic acids is 1. The summed E-state index contributed by atoms with van der Waals surface area (Å²) in [6.07, 6.45) is 2.40. The molecule has 0 spiro atoms. The molecule has 1 fully saturated rings. The third-order valence-corrected chi connectivity index (χ3v) is 4.47. The number of carbonyl (C=O) groups is 1. The Balaban J connectivity index is 1.71. The Morgan fingerprint density at radius 3 is 2.80 bits per heavy atom. The van der Waals surface area contributed by atoms with E-state index in [1.165, 1.54) is 0 Å². The average Bonchev–Trinajstić information content (AvgIpc) is 3.05. The summed E-state index contributed by atoms with van der Waals surface area (Å²) in [7, 11) is 1.66. The maximum atomic E-state index is 11.7. The first-order valence-corrected chi connectivity index (χ1v) is 8.34. The smallest absolute Gasteiger partial charge is 0.234 e. The van der Waals surface area contributed by atoms with Crippen molar-refractivity contribution in [3.63, 3.8) is 0 Å². The van der Waals surface area contributed by atoms with Gasteiger partial charge in [0.05, 0.1) is 17.8 Å². The van der Waals surface area contributed by atoms with Crippen LogP contribution in [0.1, 0.15) is 17.7 Å². The van der Waals surface area contributed by atoms with E-state index in [1.807, 2.05) is 42.5 Å². The zero-order valence-electron chi connectivity index (χ0n) is 14.3. The van der Waals surface area contributed by atoms with E-state index in [0.717, 1.165) is 17.0 Å². The van der Waals surface area contributed by atoms with Gasteiger partial charge >= 0.3 is 0 Å². The van der Waals surface area contributed by atoms with E-state index in [9.17, 15) is 4.79 Å². The van der Waals surface area contributed by atoms with Crippen LogP contribution in [0.5, 0.6) is 5.75 Å². The van der Waals surface area contributed by atoms with E-state index in [0.29, 0.717) is 26.1 Å². The van der Waals surface area contributed by atoms with Gasteiger partial charge in [-0.05, 0) is 24.6 Å². The van der Waals surface area contributed by atoms with E-state index >= 15 is 0 Å². The molecule has 25 heavy (non-hydrogen) atoms. The quantitative estimate of drug-likeness (QED) is 0.830. The zero-order valence-corrected chi connectivity index (χ0v) is 14.3. The Hall–Kier alpha value is -2.44. The molecule has 132 valence electrons. The molecule has 0 radical (unpaired) electrons. The number of nitrogens with zero attached hydrogens (tertiary/aromatic N) is 2. The van der Waals surface area contributed by atoms with Crippen LogP contribution in [-0.2, 0) is 22.7 Å². The van der Waals surface area contributed by atoms with Gasteiger partial charge < -0.3 is 15.2 Å². The van der Waals surface area contributed by atoms with Crippen molar-refractivity contribution in [1.29, 1.82) is 0 Å². The summed E-state index contributed by atoms with van der Waals surface area (Å²) in [5, 5.41) is 0. The van der Waals surface area contributed by atoms with Crippen molar-refractivity contribution in [2.45, 2.75) is 31.7 Å². The van der Waals surface area contributed by atoms with Crippen molar-refractivity contribution in [2.75, 3.05) is 13.7 Å². The minimum atomic E-state index is -0.313. The summed E-state index contributed by atoms with van der Waals surface area (Å²) in [4.78, 5) is 18.1. The van der Waals surface area contributed by atoms with Gasteiger partial charge in [-0.15, -0.1) is 0 Å². The molecule has 1 saturated heterocycles. The normalized spacial score (nSPS) is 20.5. The molecule has 1 aromatic carbocycles. The first-order valence-electron chi connectivity index (χ1n) is 8.34.